The second-order valence-electron chi connectivity index (χ2n) is 6.72. The highest BCUT2D eigenvalue weighted by Crippen LogP contribution is 2.09. The van der Waals surface area contributed by atoms with Crippen LogP contribution in [0, 0.1) is 5.92 Å². The molecule has 1 unspecified atom stereocenters. The van der Waals surface area contributed by atoms with Crippen molar-refractivity contribution in [3.05, 3.63) is 27.2 Å². The fourth-order valence-corrected chi connectivity index (χ4v) is 2.69. The molecule has 0 N–H and O–H groups in total. The monoisotopic (exact) mass is 350 g/mol. The van der Waals surface area contributed by atoms with E-state index in [1.165, 1.54) is 15.5 Å². The Kier molecular flexibility index (Phi) is 5.81. The van der Waals surface area contributed by atoms with E-state index in [0.29, 0.717) is 30.6 Å². The van der Waals surface area contributed by atoms with Gasteiger partial charge in [0.1, 0.15) is 0 Å². The summed E-state index contributed by atoms with van der Waals surface area (Å²) in [4.78, 5) is 40.6. The number of aryl methyl sites for hydroxylation is 2. The van der Waals surface area contributed by atoms with E-state index in [1.807, 2.05) is 6.92 Å². The molecule has 0 aliphatic rings. The van der Waals surface area contributed by atoms with Crippen molar-refractivity contribution >= 4 is 17.1 Å². The Morgan fingerprint density at radius 2 is 1.88 bits per heavy atom. The average molecular weight is 350 g/mol. The zero-order chi connectivity index (χ0) is 18.7. The summed E-state index contributed by atoms with van der Waals surface area (Å²) in [6, 6.07) is 0. The molecule has 2 aromatic heterocycles. The normalized spacial score (nSPS) is 12.7. The Balaban J connectivity index is 2.02. The predicted octanol–water partition coefficient (Wildman–Crippen LogP) is 1.19. The molecule has 0 saturated carbocycles. The lowest BCUT2D eigenvalue weighted by Crippen LogP contribution is -2.39. The third-order valence-electron chi connectivity index (χ3n) is 4.23. The van der Waals surface area contributed by atoms with Gasteiger partial charge in [-0.1, -0.05) is 13.8 Å². The number of aromatic nitrogens is 4. The van der Waals surface area contributed by atoms with Gasteiger partial charge in [0, 0.05) is 20.6 Å². The number of ether oxygens (including phenoxy) is 1. The van der Waals surface area contributed by atoms with Gasteiger partial charge in [-0.3, -0.25) is 18.7 Å². The summed E-state index contributed by atoms with van der Waals surface area (Å²) in [6.45, 7) is 5.78. The molecule has 8 nitrogen and oxygen atoms in total. The number of hydrogen-bond acceptors (Lipinski definition) is 5. The zero-order valence-electron chi connectivity index (χ0n) is 15.5. The van der Waals surface area contributed by atoms with Crippen molar-refractivity contribution in [1.82, 2.24) is 18.7 Å². The molecule has 25 heavy (non-hydrogen) atoms. The Bertz CT molecular complexity index is 875. The molecule has 0 amide bonds. The molecule has 1 atom stereocenters. The van der Waals surface area contributed by atoms with E-state index >= 15 is 0 Å². The molecule has 0 aromatic carbocycles. The van der Waals surface area contributed by atoms with Gasteiger partial charge in [-0.2, -0.15) is 0 Å². The summed E-state index contributed by atoms with van der Waals surface area (Å²) in [5.74, 6) is -0.353. The Labute approximate surface area is 146 Å². The number of carbonyl (C=O) groups excluding carboxylic acids is 1. The molecule has 0 spiro atoms. The van der Waals surface area contributed by atoms with Crippen LogP contribution in [0.2, 0.25) is 0 Å². The van der Waals surface area contributed by atoms with Gasteiger partial charge in [-0.15, -0.1) is 0 Å². The highest BCUT2D eigenvalue weighted by atomic mass is 16.5. The van der Waals surface area contributed by atoms with Crippen LogP contribution in [0.3, 0.4) is 0 Å². The lowest BCUT2D eigenvalue weighted by Gasteiger charge is -2.15. The zero-order valence-corrected chi connectivity index (χ0v) is 15.5. The van der Waals surface area contributed by atoms with E-state index < -0.39 is 0 Å². The first-order valence-electron chi connectivity index (χ1n) is 8.55. The predicted molar refractivity (Wildman–Crippen MR) is 94.5 cm³/mol. The first-order valence-corrected chi connectivity index (χ1v) is 8.55. The van der Waals surface area contributed by atoms with Crippen molar-refractivity contribution < 1.29 is 9.53 Å². The molecule has 0 radical (unpaired) electrons. The average Bonchev–Trinajstić information content (AvgIpc) is 2.93. The van der Waals surface area contributed by atoms with Gasteiger partial charge in [-0.05, 0) is 26.2 Å². The van der Waals surface area contributed by atoms with Crippen LogP contribution in [0.4, 0.5) is 0 Å². The molecular weight excluding hydrogens is 324 g/mol. The van der Waals surface area contributed by atoms with E-state index in [1.54, 1.807) is 32.5 Å². The number of esters is 1. The summed E-state index contributed by atoms with van der Waals surface area (Å²) in [5.41, 5.74) is 0.122. The molecule has 0 bridgehead atoms. The largest absolute Gasteiger partial charge is 0.462 e. The molecule has 0 saturated heterocycles. The molecule has 0 aliphatic carbocycles. The minimum Gasteiger partial charge on any atom is -0.462 e. The molecule has 138 valence electrons. The topological polar surface area (TPSA) is 88.1 Å². The SMILES string of the molecule is CC(CCCCn1c(=O)c2c(ncn2C)n(C)c1=O)OC(=O)C(C)C. The number of nitrogens with zero attached hydrogens (tertiary/aromatic N) is 4. The van der Waals surface area contributed by atoms with Crippen molar-refractivity contribution in [2.75, 3.05) is 0 Å². The van der Waals surface area contributed by atoms with Gasteiger partial charge in [-0.25, -0.2) is 9.78 Å². The van der Waals surface area contributed by atoms with Gasteiger partial charge in [0.15, 0.2) is 11.2 Å². The van der Waals surface area contributed by atoms with E-state index in [0.717, 1.165) is 6.42 Å². The summed E-state index contributed by atoms with van der Waals surface area (Å²) >= 11 is 0. The van der Waals surface area contributed by atoms with Crippen LogP contribution in [0.1, 0.15) is 40.0 Å². The summed E-state index contributed by atoms with van der Waals surface area (Å²) < 4.78 is 9.57. The number of imidazole rings is 1. The fraction of sp³-hybridized carbons (Fsp3) is 0.647. The first kappa shape index (κ1) is 19.0. The summed E-state index contributed by atoms with van der Waals surface area (Å²) in [5, 5.41) is 0. The Morgan fingerprint density at radius 1 is 1.20 bits per heavy atom. The van der Waals surface area contributed by atoms with Gasteiger partial charge in [0.25, 0.3) is 5.56 Å². The van der Waals surface area contributed by atoms with Crippen LogP contribution in [-0.4, -0.2) is 30.8 Å². The number of unbranched alkanes of at least 4 members (excludes halogenated alkanes) is 1. The molecule has 2 aromatic rings. The maximum atomic E-state index is 12.6. The molecule has 8 heteroatoms. The standard InChI is InChI=1S/C17H26N4O4/c1-11(2)16(23)25-12(3)8-6-7-9-21-15(22)13-14(18-10-19(13)4)20(5)17(21)24/h10-12H,6-9H2,1-5H3. The van der Waals surface area contributed by atoms with Crippen LogP contribution < -0.4 is 11.2 Å². The Morgan fingerprint density at radius 3 is 2.52 bits per heavy atom. The molecule has 2 rings (SSSR count). The minimum atomic E-state index is -0.365. The lowest BCUT2D eigenvalue weighted by molar-refractivity contribution is -0.152. The highest BCUT2D eigenvalue weighted by molar-refractivity contribution is 5.71. The maximum absolute atomic E-state index is 12.6. The summed E-state index contributed by atoms with van der Waals surface area (Å²) in [6.07, 6.45) is 3.46. The van der Waals surface area contributed by atoms with Crippen molar-refractivity contribution in [2.24, 2.45) is 20.0 Å². The van der Waals surface area contributed by atoms with Gasteiger partial charge in [0.2, 0.25) is 0 Å². The fourth-order valence-electron chi connectivity index (χ4n) is 2.69. The molecule has 0 aliphatic heterocycles. The van der Waals surface area contributed by atoms with E-state index in [-0.39, 0.29) is 29.2 Å². The molecular formula is C17H26N4O4. The highest BCUT2D eigenvalue weighted by Gasteiger charge is 2.15. The van der Waals surface area contributed by atoms with Crippen LogP contribution in [-0.2, 0) is 30.2 Å². The van der Waals surface area contributed by atoms with Crippen LogP contribution in [0.5, 0.6) is 0 Å². The van der Waals surface area contributed by atoms with E-state index in [2.05, 4.69) is 4.98 Å². The number of carbonyl (C=O) groups is 1. The third-order valence-corrected chi connectivity index (χ3v) is 4.23. The number of hydrogen-bond donors (Lipinski definition) is 0. The maximum Gasteiger partial charge on any atom is 0.332 e. The van der Waals surface area contributed by atoms with Crippen LogP contribution >= 0.6 is 0 Å². The van der Waals surface area contributed by atoms with Crippen molar-refractivity contribution in [3.8, 4) is 0 Å². The molecule has 0 fully saturated rings. The van der Waals surface area contributed by atoms with Gasteiger partial charge < -0.3 is 9.30 Å². The van der Waals surface area contributed by atoms with Gasteiger partial charge in [0.05, 0.1) is 18.3 Å². The molecule has 2 heterocycles. The lowest BCUT2D eigenvalue weighted by atomic mass is 10.1. The van der Waals surface area contributed by atoms with Crippen molar-refractivity contribution in [2.45, 2.75) is 52.7 Å². The summed E-state index contributed by atoms with van der Waals surface area (Å²) in [7, 11) is 3.34. The minimum absolute atomic E-state index is 0.144. The quantitative estimate of drug-likeness (QED) is 0.553. The smallest absolute Gasteiger partial charge is 0.332 e. The van der Waals surface area contributed by atoms with Gasteiger partial charge >= 0.3 is 11.7 Å². The Hall–Kier alpha value is -2.38. The van der Waals surface area contributed by atoms with Crippen molar-refractivity contribution in [1.29, 1.82) is 0 Å². The van der Waals surface area contributed by atoms with Crippen LogP contribution in [0.15, 0.2) is 15.9 Å². The number of fused-ring (bicyclic) bond motifs is 1. The number of rotatable bonds is 7. The van der Waals surface area contributed by atoms with E-state index in [9.17, 15) is 14.4 Å². The van der Waals surface area contributed by atoms with E-state index in [4.69, 9.17) is 4.74 Å². The van der Waals surface area contributed by atoms with Crippen molar-refractivity contribution in [3.63, 3.8) is 0 Å². The third kappa shape index (κ3) is 4.00. The first-order chi connectivity index (χ1) is 11.7. The second-order valence-corrected chi connectivity index (χ2v) is 6.72. The second kappa shape index (κ2) is 7.67. The van der Waals surface area contributed by atoms with Crippen LogP contribution in [0.25, 0.3) is 11.2 Å².